The van der Waals surface area contributed by atoms with E-state index in [1.54, 1.807) is 7.11 Å². The van der Waals surface area contributed by atoms with Crippen LogP contribution in [0.3, 0.4) is 0 Å². The minimum absolute atomic E-state index is 0.255. The van der Waals surface area contributed by atoms with E-state index in [4.69, 9.17) is 14.7 Å². The summed E-state index contributed by atoms with van der Waals surface area (Å²) in [5.74, 6) is 3.60. The van der Waals surface area contributed by atoms with Gasteiger partial charge in [-0.15, -0.1) is 0 Å². The molecule has 0 amide bonds. The van der Waals surface area contributed by atoms with E-state index in [-0.39, 0.29) is 10.8 Å². The largest absolute Gasteiger partial charge is 0.493 e. The maximum absolute atomic E-state index is 5.61. The van der Waals surface area contributed by atoms with Gasteiger partial charge in [-0.3, -0.25) is 4.68 Å². The number of fused-ring (bicyclic) bond motifs is 6. The lowest BCUT2D eigenvalue weighted by molar-refractivity contribution is 0.125. The molecule has 2 aromatic heterocycles. The van der Waals surface area contributed by atoms with Crippen LogP contribution < -0.4 is 4.74 Å². The second kappa shape index (κ2) is 8.43. The Hall–Kier alpha value is -2.69. The van der Waals surface area contributed by atoms with Crippen molar-refractivity contribution in [1.29, 1.82) is 0 Å². The van der Waals surface area contributed by atoms with Crippen molar-refractivity contribution in [2.24, 2.45) is 18.9 Å². The summed E-state index contributed by atoms with van der Waals surface area (Å²) in [6.45, 7) is 0. The molecular weight excluding hydrogens is 444 g/mol. The smallest absolute Gasteiger partial charge is 0.164 e. The van der Waals surface area contributed by atoms with Crippen LogP contribution in [0.4, 0.5) is 0 Å². The lowest BCUT2D eigenvalue weighted by Crippen LogP contribution is -2.41. The molecule has 4 bridgehead atoms. The van der Waals surface area contributed by atoms with E-state index in [1.165, 1.54) is 88.4 Å². The van der Waals surface area contributed by atoms with Crippen molar-refractivity contribution in [3.8, 4) is 28.4 Å². The first-order valence-electron chi connectivity index (χ1n) is 14.1. The summed E-state index contributed by atoms with van der Waals surface area (Å²) < 4.78 is 7.43. The topological polar surface area (TPSA) is 52.8 Å². The second-order valence-corrected chi connectivity index (χ2v) is 12.3. The average molecular weight is 483 g/mol. The molecule has 3 aromatic rings. The molecule has 6 aliphatic carbocycles. The Labute approximate surface area is 214 Å². The Balaban J connectivity index is 1.36. The zero-order chi connectivity index (χ0) is 24.3. The molecule has 5 heteroatoms. The van der Waals surface area contributed by atoms with Crippen molar-refractivity contribution in [2.45, 2.75) is 87.9 Å². The SMILES string of the molecule is COc1cn(C)nc1-c1cccc(-c2nc(C34CCC(CC3)CC4)cc(C34CCC(CC3)CC4)n2)c1. The monoisotopic (exact) mass is 482 g/mol. The van der Waals surface area contributed by atoms with Gasteiger partial charge >= 0.3 is 0 Å². The number of nitrogens with zero attached hydrogens (tertiary/aromatic N) is 4. The Morgan fingerprint density at radius 3 is 1.83 bits per heavy atom. The zero-order valence-electron chi connectivity index (χ0n) is 21.8. The first-order chi connectivity index (χ1) is 17.6. The quantitative estimate of drug-likeness (QED) is 0.393. The molecule has 188 valence electrons. The lowest BCUT2D eigenvalue weighted by Gasteiger charge is -2.48. The zero-order valence-corrected chi connectivity index (χ0v) is 21.8. The van der Waals surface area contributed by atoms with Crippen LogP contribution in [-0.4, -0.2) is 26.9 Å². The normalized spacial score (nSPS) is 31.1. The van der Waals surface area contributed by atoms with Crippen LogP contribution in [0, 0.1) is 11.8 Å². The highest BCUT2D eigenvalue weighted by Crippen LogP contribution is 2.54. The molecule has 0 aliphatic heterocycles. The third-order valence-corrected chi connectivity index (χ3v) is 10.4. The van der Waals surface area contributed by atoms with E-state index >= 15 is 0 Å². The summed E-state index contributed by atoms with van der Waals surface area (Å²) in [5.41, 5.74) is 6.19. The van der Waals surface area contributed by atoms with Gasteiger partial charge < -0.3 is 4.74 Å². The number of methoxy groups -OCH3 is 1. The third-order valence-electron chi connectivity index (χ3n) is 10.4. The maximum atomic E-state index is 5.61. The average Bonchev–Trinajstić information content (AvgIpc) is 3.35. The van der Waals surface area contributed by atoms with Crippen molar-refractivity contribution >= 4 is 0 Å². The van der Waals surface area contributed by atoms with Gasteiger partial charge in [0, 0.05) is 29.0 Å². The molecule has 0 saturated heterocycles. The van der Waals surface area contributed by atoms with Gasteiger partial charge in [0.15, 0.2) is 11.6 Å². The van der Waals surface area contributed by atoms with Crippen LogP contribution in [0.25, 0.3) is 22.6 Å². The van der Waals surface area contributed by atoms with Gasteiger partial charge in [-0.25, -0.2) is 9.97 Å². The van der Waals surface area contributed by atoms with Crippen molar-refractivity contribution in [2.75, 3.05) is 7.11 Å². The van der Waals surface area contributed by atoms with Gasteiger partial charge in [0.05, 0.1) is 24.7 Å². The molecule has 0 atom stereocenters. The molecule has 9 rings (SSSR count). The Morgan fingerprint density at radius 2 is 1.31 bits per heavy atom. The molecule has 0 unspecified atom stereocenters. The van der Waals surface area contributed by atoms with Gasteiger partial charge in [-0.1, -0.05) is 18.2 Å². The molecule has 0 radical (unpaired) electrons. The molecule has 6 fully saturated rings. The summed E-state index contributed by atoms with van der Waals surface area (Å²) in [4.78, 5) is 10.8. The van der Waals surface area contributed by atoms with E-state index in [0.717, 1.165) is 40.2 Å². The Kier molecular flexibility index (Phi) is 5.27. The van der Waals surface area contributed by atoms with Crippen molar-refractivity contribution in [3.05, 3.63) is 47.9 Å². The fourth-order valence-electron chi connectivity index (χ4n) is 8.01. The fraction of sp³-hybridized carbons (Fsp3) is 0.581. The van der Waals surface area contributed by atoms with Gasteiger partial charge in [0.2, 0.25) is 0 Å². The molecule has 1 aromatic carbocycles. The van der Waals surface area contributed by atoms with Crippen LogP contribution in [-0.2, 0) is 17.9 Å². The van der Waals surface area contributed by atoms with Gasteiger partial charge in [0.25, 0.3) is 0 Å². The highest BCUT2D eigenvalue weighted by Gasteiger charge is 2.46. The number of aryl methyl sites for hydroxylation is 1. The van der Waals surface area contributed by atoms with E-state index in [1.807, 2.05) is 17.9 Å². The Bertz CT molecular complexity index is 1200. The molecule has 0 spiro atoms. The van der Waals surface area contributed by atoms with Crippen molar-refractivity contribution in [1.82, 2.24) is 19.7 Å². The number of ether oxygens (including phenoxy) is 1. The number of aromatic nitrogens is 4. The molecule has 5 nitrogen and oxygen atoms in total. The van der Waals surface area contributed by atoms with Gasteiger partial charge in [-0.2, -0.15) is 5.10 Å². The molecule has 36 heavy (non-hydrogen) atoms. The predicted octanol–water partition coefficient (Wildman–Crippen LogP) is 7.00. The van der Waals surface area contributed by atoms with Crippen LogP contribution in [0.2, 0.25) is 0 Å². The first kappa shape index (κ1) is 22.5. The second-order valence-electron chi connectivity index (χ2n) is 12.3. The molecule has 6 aliphatic rings. The number of hydrogen-bond acceptors (Lipinski definition) is 4. The van der Waals surface area contributed by atoms with Crippen molar-refractivity contribution in [3.63, 3.8) is 0 Å². The summed E-state index contributed by atoms with van der Waals surface area (Å²) in [6, 6.07) is 11.1. The maximum Gasteiger partial charge on any atom is 0.164 e. The predicted molar refractivity (Wildman–Crippen MR) is 142 cm³/mol. The van der Waals surface area contributed by atoms with Crippen LogP contribution in [0.1, 0.15) is 88.4 Å². The number of rotatable bonds is 5. The number of hydrogen-bond donors (Lipinski definition) is 0. The minimum atomic E-state index is 0.255. The molecular formula is C31H38N4O. The molecule has 6 saturated carbocycles. The summed E-state index contributed by atoms with van der Waals surface area (Å²) >= 11 is 0. The van der Waals surface area contributed by atoms with Crippen LogP contribution in [0.5, 0.6) is 5.75 Å². The van der Waals surface area contributed by atoms with E-state index in [2.05, 4.69) is 35.4 Å². The molecule has 0 N–H and O–H groups in total. The summed E-state index contributed by atoms with van der Waals surface area (Å²) in [5, 5.41) is 4.68. The lowest BCUT2D eigenvalue weighted by atomic mass is 9.57. The standard InChI is InChI=1S/C31H38N4O/c1-35-20-25(36-2)28(34-35)23-4-3-5-24(18-23)29-32-26(30-12-6-21(7-13-30)8-14-30)19-27(33-29)31-15-9-22(10-16-31)11-17-31/h3-5,18-22H,6-17H2,1-2H3. The highest BCUT2D eigenvalue weighted by molar-refractivity contribution is 5.71. The van der Waals surface area contributed by atoms with Gasteiger partial charge in [-0.05, 0) is 101 Å². The third kappa shape index (κ3) is 3.61. The van der Waals surface area contributed by atoms with Crippen molar-refractivity contribution < 1.29 is 4.74 Å². The summed E-state index contributed by atoms with van der Waals surface area (Å²) in [6.07, 6.45) is 18.0. The number of benzene rings is 1. The Morgan fingerprint density at radius 1 is 0.778 bits per heavy atom. The first-order valence-corrected chi connectivity index (χ1v) is 14.1. The van der Waals surface area contributed by atoms with Crippen LogP contribution in [0.15, 0.2) is 36.5 Å². The van der Waals surface area contributed by atoms with E-state index in [9.17, 15) is 0 Å². The molecule has 2 heterocycles. The fourth-order valence-corrected chi connectivity index (χ4v) is 8.01. The van der Waals surface area contributed by atoms with Crippen LogP contribution >= 0.6 is 0 Å². The highest BCUT2D eigenvalue weighted by atomic mass is 16.5. The minimum Gasteiger partial charge on any atom is -0.493 e. The van der Waals surface area contributed by atoms with Gasteiger partial charge in [0.1, 0.15) is 5.69 Å². The summed E-state index contributed by atoms with van der Waals surface area (Å²) in [7, 11) is 3.64. The van der Waals surface area contributed by atoms with E-state index in [0.29, 0.717) is 0 Å². The van der Waals surface area contributed by atoms with E-state index < -0.39 is 0 Å².